The summed E-state index contributed by atoms with van der Waals surface area (Å²) in [6.45, 7) is 3.77. The van der Waals surface area contributed by atoms with Crippen molar-refractivity contribution >= 4 is 17.7 Å². The van der Waals surface area contributed by atoms with Crippen molar-refractivity contribution in [2.24, 2.45) is 5.92 Å². The second-order valence-corrected chi connectivity index (χ2v) is 4.67. The molecule has 0 fully saturated rings. The highest BCUT2D eigenvalue weighted by Gasteiger charge is 2.12. The first-order chi connectivity index (χ1) is 9.42. The van der Waals surface area contributed by atoms with Crippen LogP contribution >= 0.6 is 0 Å². The van der Waals surface area contributed by atoms with Crippen LogP contribution in [0.4, 0.5) is 14.9 Å². The van der Waals surface area contributed by atoms with E-state index in [2.05, 4.69) is 10.6 Å². The smallest absolute Gasteiger partial charge is 0.319 e. The summed E-state index contributed by atoms with van der Waals surface area (Å²) in [7, 11) is 0. The Morgan fingerprint density at radius 3 is 2.65 bits per heavy atom. The van der Waals surface area contributed by atoms with Gasteiger partial charge in [0.15, 0.2) is 0 Å². The van der Waals surface area contributed by atoms with Gasteiger partial charge in [-0.1, -0.05) is 19.4 Å². The zero-order chi connectivity index (χ0) is 15.1. The summed E-state index contributed by atoms with van der Waals surface area (Å²) in [5.74, 6) is -1.40. The quantitative estimate of drug-likeness (QED) is 0.750. The minimum absolute atomic E-state index is 0.00986. The fourth-order valence-corrected chi connectivity index (χ4v) is 1.69. The first-order valence-electron chi connectivity index (χ1n) is 6.45. The van der Waals surface area contributed by atoms with Crippen LogP contribution in [0.2, 0.25) is 0 Å². The number of anilines is 1. The summed E-state index contributed by atoms with van der Waals surface area (Å²) < 4.78 is 13.3. The van der Waals surface area contributed by atoms with E-state index in [1.54, 1.807) is 19.1 Å². The highest BCUT2D eigenvalue weighted by atomic mass is 19.1. The summed E-state index contributed by atoms with van der Waals surface area (Å²) in [6.07, 6.45) is 0.668. The van der Waals surface area contributed by atoms with Crippen LogP contribution in [-0.2, 0) is 4.79 Å². The highest BCUT2D eigenvalue weighted by Crippen LogP contribution is 2.13. The molecule has 20 heavy (non-hydrogen) atoms. The minimum atomic E-state index is -0.889. The summed E-state index contributed by atoms with van der Waals surface area (Å²) in [4.78, 5) is 22.2. The van der Waals surface area contributed by atoms with E-state index in [9.17, 15) is 14.0 Å². The summed E-state index contributed by atoms with van der Waals surface area (Å²) in [5.41, 5.74) is 0.861. The first-order valence-corrected chi connectivity index (χ1v) is 6.45. The van der Waals surface area contributed by atoms with Crippen LogP contribution in [0.25, 0.3) is 0 Å². The molecular formula is C14H19FN2O3. The number of hydrogen-bond donors (Lipinski definition) is 3. The number of aliphatic carboxylic acids is 1. The monoisotopic (exact) mass is 282 g/mol. The maximum Gasteiger partial charge on any atom is 0.319 e. The van der Waals surface area contributed by atoms with Crippen LogP contribution in [0.5, 0.6) is 0 Å². The van der Waals surface area contributed by atoms with E-state index in [1.165, 1.54) is 6.07 Å². The Morgan fingerprint density at radius 2 is 2.10 bits per heavy atom. The molecule has 0 spiro atoms. The number of halogens is 1. The number of benzene rings is 1. The van der Waals surface area contributed by atoms with E-state index in [0.29, 0.717) is 17.7 Å². The Kier molecular flexibility index (Phi) is 5.96. The number of carbonyl (C=O) groups is 2. The maximum absolute atomic E-state index is 13.3. The van der Waals surface area contributed by atoms with Crippen LogP contribution < -0.4 is 10.6 Å². The van der Waals surface area contributed by atoms with Crippen LogP contribution in [0, 0.1) is 18.7 Å². The molecule has 3 N–H and O–H groups in total. The van der Waals surface area contributed by atoms with Gasteiger partial charge in [0.25, 0.3) is 0 Å². The van der Waals surface area contributed by atoms with Crippen molar-refractivity contribution < 1.29 is 19.1 Å². The molecule has 0 bridgehead atoms. The van der Waals surface area contributed by atoms with Gasteiger partial charge in [0, 0.05) is 18.7 Å². The molecule has 0 aromatic heterocycles. The number of nitrogens with one attached hydrogen (secondary N) is 2. The molecule has 1 aromatic rings. The molecule has 0 aliphatic rings. The second kappa shape index (κ2) is 7.47. The molecule has 1 unspecified atom stereocenters. The van der Waals surface area contributed by atoms with Crippen molar-refractivity contribution in [3.8, 4) is 0 Å². The predicted molar refractivity (Wildman–Crippen MR) is 74.2 cm³/mol. The number of amides is 2. The maximum atomic E-state index is 13.3. The Bertz CT molecular complexity index is 491. The lowest BCUT2D eigenvalue weighted by molar-refractivity contribution is -0.138. The Morgan fingerprint density at radius 1 is 1.40 bits per heavy atom. The summed E-state index contributed by atoms with van der Waals surface area (Å²) in [5, 5.41) is 13.8. The molecule has 0 saturated heterocycles. The van der Waals surface area contributed by atoms with Gasteiger partial charge in [-0.2, -0.15) is 0 Å². The van der Waals surface area contributed by atoms with E-state index >= 15 is 0 Å². The normalized spacial score (nSPS) is 11.8. The summed E-state index contributed by atoms with van der Waals surface area (Å²) >= 11 is 0. The average Bonchev–Trinajstić information content (AvgIpc) is 2.38. The van der Waals surface area contributed by atoms with Gasteiger partial charge in [-0.25, -0.2) is 9.18 Å². The van der Waals surface area contributed by atoms with E-state index in [4.69, 9.17) is 5.11 Å². The van der Waals surface area contributed by atoms with Crippen molar-refractivity contribution in [1.29, 1.82) is 0 Å². The van der Waals surface area contributed by atoms with Crippen molar-refractivity contribution in [1.82, 2.24) is 5.32 Å². The zero-order valence-electron chi connectivity index (χ0n) is 11.6. The van der Waals surface area contributed by atoms with Gasteiger partial charge in [0.05, 0.1) is 0 Å². The topological polar surface area (TPSA) is 78.4 Å². The molecule has 0 radical (unpaired) electrons. The molecule has 1 rings (SSSR count). The van der Waals surface area contributed by atoms with Gasteiger partial charge in [0.2, 0.25) is 0 Å². The van der Waals surface area contributed by atoms with Crippen LogP contribution in [0.1, 0.15) is 25.3 Å². The number of carboxylic acids is 1. The number of urea groups is 1. The SMILES string of the molecule is CCC(CNC(=O)Nc1ccc(C)c(F)c1)CC(=O)O. The number of aryl methyl sites for hydroxylation is 1. The molecule has 6 heteroatoms. The van der Waals surface area contributed by atoms with Gasteiger partial charge < -0.3 is 15.7 Å². The van der Waals surface area contributed by atoms with Crippen LogP contribution in [0.15, 0.2) is 18.2 Å². The second-order valence-electron chi connectivity index (χ2n) is 4.67. The third-order valence-corrected chi connectivity index (χ3v) is 3.02. The van der Waals surface area contributed by atoms with Gasteiger partial charge in [0.1, 0.15) is 5.82 Å². The third kappa shape index (κ3) is 5.26. The third-order valence-electron chi connectivity index (χ3n) is 3.02. The van der Waals surface area contributed by atoms with Crippen molar-refractivity contribution in [3.05, 3.63) is 29.6 Å². The number of carbonyl (C=O) groups excluding carboxylic acids is 1. The zero-order valence-corrected chi connectivity index (χ0v) is 11.6. The van der Waals surface area contributed by atoms with Crippen LogP contribution in [0.3, 0.4) is 0 Å². The Hall–Kier alpha value is -2.11. The lowest BCUT2D eigenvalue weighted by atomic mass is 10.0. The molecule has 110 valence electrons. The summed E-state index contributed by atoms with van der Waals surface area (Å²) in [6, 6.07) is 3.94. The molecule has 0 saturated carbocycles. The molecule has 5 nitrogen and oxygen atoms in total. The van der Waals surface area contributed by atoms with Crippen molar-refractivity contribution in [3.63, 3.8) is 0 Å². The van der Waals surface area contributed by atoms with Crippen molar-refractivity contribution in [2.45, 2.75) is 26.7 Å². The largest absolute Gasteiger partial charge is 0.481 e. The van der Waals surface area contributed by atoms with Gasteiger partial charge in [-0.05, 0) is 30.5 Å². The lowest BCUT2D eigenvalue weighted by Crippen LogP contribution is -2.33. The molecule has 0 aliphatic heterocycles. The predicted octanol–water partition coefficient (Wildman–Crippen LogP) is 2.76. The van der Waals surface area contributed by atoms with Crippen LogP contribution in [-0.4, -0.2) is 23.7 Å². The molecule has 1 aromatic carbocycles. The van der Waals surface area contributed by atoms with E-state index < -0.39 is 12.0 Å². The average molecular weight is 282 g/mol. The highest BCUT2D eigenvalue weighted by molar-refractivity contribution is 5.89. The molecule has 0 heterocycles. The number of hydrogen-bond acceptors (Lipinski definition) is 2. The van der Waals surface area contributed by atoms with E-state index in [1.807, 2.05) is 6.92 Å². The van der Waals surface area contributed by atoms with E-state index in [-0.39, 0.29) is 24.7 Å². The fourth-order valence-electron chi connectivity index (χ4n) is 1.69. The lowest BCUT2D eigenvalue weighted by Gasteiger charge is -2.14. The minimum Gasteiger partial charge on any atom is -0.481 e. The molecule has 1 atom stereocenters. The van der Waals surface area contributed by atoms with Crippen molar-refractivity contribution in [2.75, 3.05) is 11.9 Å². The van der Waals surface area contributed by atoms with Gasteiger partial charge in [-0.15, -0.1) is 0 Å². The standard InChI is InChI=1S/C14H19FN2O3/c1-3-10(6-13(18)19)8-16-14(20)17-11-5-4-9(2)12(15)7-11/h4-5,7,10H,3,6,8H2,1-2H3,(H,18,19)(H2,16,17,20). The Balaban J connectivity index is 2.46. The number of carboxylic acid groups (broad SMARTS) is 1. The van der Waals surface area contributed by atoms with Gasteiger partial charge >= 0.3 is 12.0 Å². The Labute approximate surface area is 117 Å². The fraction of sp³-hybridized carbons (Fsp3) is 0.429. The molecule has 0 aliphatic carbocycles. The molecular weight excluding hydrogens is 263 g/mol. The van der Waals surface area contributed by atoms with E-state index in [0.717, 1.165) is 0 Å². The van der Waals surface area contributed by atoms with Gasteiger partial charge in [-0.3, -0.25) is 4.79 Å². The first kappa shape index (κ1) is 15.9. The number of rotatable bonds is 6. The molecule has 2 amide bonds.